The number of hydrogen-bond acceptors (Lipinski definition) is 3. The molecule has 0 N–H and O–H groups in total. The van der Waals surface area contributed by atoms with Gasteiger partial charge in [-0.3, -0.25) is 0 Å². The maximum atomic E-state index is 12.1. The summed E-state index contributed by atoms with van der Waals surface area (Å²) in [4.78, 5) is 0. The zero-order chi connectivity index (χ0) is 15.6. The van der Waals surface area contributed by atoms with E-state index >= 15 is 0 Å². The van der Waals surface area contributed by atoms with E-state index < -0.39 is 28.2 Å². The maximum Gasteiger partial charge on any atom is 0.573 e. The first-order chi connectivity index (χ1) is 8.97. The number of halogens is 4. The fourth-order valence-electron chi connectivity index (χ4n) is 1.12. The fraction of sp³-hybridized carbons (Fsp3) is 0.417. The van der Waals surface area contributed by atoms with Crippen molar-refractivity contribution >= 4 is 29.2 Å². The second-order valence-electron chi connectivity index (χ2n) is 4.86. The lowest BCUT2D eigenvalue weighted by molar-refractivity contribution is -0.274. The second kappa shape index (κ2) is 6.24. The van der Waals surface area contributed by atoms with Gasteiger partial charge in [0, 0.05) is 10.6 Å². The predicted molar refractivity (Wildman–Crippen MR) is 73.6 cm³/mol. The first-order valence-corrected chi connectivity index (χ1v) is 6.98. The van der Waals surface area contributed by atoms with Gasteiger partial charge < -0.3 is 9.29 Å². The van der Waals surface area contributed by atoms with Crippen LogP contribution in [0.2, 0.25) is 5.02 Å². The van der Waals surface area contributed by atoms with Gasteiger partial charge in [0.2, 0.25) is 0 Å². The van der Waals surface area contributed by atoms with Crippen LogP contribution in [0.1, 0.15) is 26.3 Å². The Morgan fingerprint density at radius 1 is 1.25 bits per heavy atom. The molecular weight excluding hydrogens is 315 g/mol. The summed E-state index contributed by atoms with van der Waals surface area (Å²) in [6.45, 7) is 5.20. The Morgan fingerprint density at radius 2 is 1.85 bits per heavy atom. The molecule has 0 radical (unpaired) electrons. The molecule has 20 heavy (non-hydrogen) atoms. The number of nitrogens with zero attached hydrogens (tertiary/aromatic N) is 1. The van der Waals surface area contributed by atoms with Crippen molar-refractivity contribution < 1.29 is 22.5 Å². The summed E-state index contributed by atoms with van der Waals surface area (Å²) < 4.78 is 55.1. The van der Waals surface area contributed by atoms with Crippen LogP contribution in [0.4, 0.5) is 13.2 Å². The Morgan fingerprint density at radius 3 is 2.35 bits per heavy atom. The van der Waals surface area contributed by atoms with Crippen LogP contribution in [-0.2, 0) is 11.4 Å². The molecule has 0 heterocycles. The number of alkyl halides is 3. The maximum absolute atomic E-state index is 12.1. The van der Waals surface area contributed by atoms with Crippen LogP contribution in [0.25, 0.3) is 0 Å². The van der Waals surface area contributed by atoms with Crippen molar-refractivity contribution in [3.05, 3.63) is 28.8 Å². The minimum atomic E-state index is -4.80. The quantitative estimate of drug-likeness (QED) is 0.619. The lowest BCUT2D eigenvalue weighted by atomic mass is 10.2. The Kier molecular flexibility index (Phi) is 5.34. The highest BCUT2D eigenvalue weighted by atomic mass is 35.5. The van der Waals surface area contributed by atoms with Gasteiger partial charge in [-0.25, -0.2) is 0 Å². The average Bonchev–Trinajstić information content (AvgIpc) is 2.21. The molecule has 0 spiro atoms. The van der Waals surface area contributed by atoms with Gasteiger partial charge in [-0.1, -0.05) is 16.0 Å². The third-order valence-corrected chi connectivity index (χ3v) is 3.51. The minimum Gasteiger partial charge on any atom is -0.591 e. The smallest absolute Gasteiger partial charge is 0.573 e. The molecule has 0 saturated carbocycles. The molecule has 3 nitrogen and oxygen atoms in total. The summed E-state index contributed by atoms with van der Waals surface area (Å²) in [7, 11) is 0. The monoisotopic (exact) mass is 327 g/mol. The largest absolute Gasteiger partial charge is 0.591 e. The Balaban J connectivity index is 2.94. The van der Waals surface area contributed by atoms with E-state index in [9.17, 15) is 17.7 Å². The van der Waals surface area contributed by atoms with E-state index in [-0.39, 0.29) is 10.6 Å². The topological polar surface area (TPSA) is 44.7 Å². The average molecular weight is 328 g/mol. The van der Waals surface area contributed by atoms with E-state index in [0.717, 1.165) is 12.1 Å². The van der Waals surface area contributed by atoms with Crippen LogP contribution < -0.4 is 4.74 Å². The summed E-state index contributed by atoms with van der Waals surface area (Å²) in [5.41, 5.74) is 0.273. The Hall–Kier alpha value is -0.920. The van der Waals surface area contributed by atoms with Crippen LogP contribution in [0.5, 0.6) is 5.75 Å². The SMILES string of the molecule is CC(C)(C)[S+]([O-])/N=C/c1cc(Cl)cc(OC(F)(F)F)c1. The summed E-state index contributed by atoms with van der Waals surface area (Å²) >= 11 is 4.19. The first-order valence-electron chi connectivity index (χ1n) is 5.50. The molecule has 0 aliphatic carbocycles. The molecule has 112 valence electrons. The zero-order valence-corrected chi connectivity index (χ0v) is 12.6. The molecule has 0 fully saturated rings. The van der Waals surface area contributed by atoms with Gasteiger partial charge in [0.25, 0.3) is 0 Å². The number of rotatable bonds is 3. The first kappa shape index (κ1) is 17.1. The summed E-state index contributed by atoms with van der Waals surface area (Å²) in [6, 6.07) is 3.55. The van der Waals surface area contributed by atoms with E-state index in [0.29, 0.717) is 0 Å². The van der Waals surface area contributed by atoms with E-state index in [1.165, 1.54) is 12.3 Å². The molecule has 0 aliphatic heterocycles. The zero-order valence-electron chi connectivity index (χ0n) is 11.0. The normalized spacial score (nSPS) is 14.6. The van der Waals surface area contributed by atoms with Gasteiger partial charge in [0.05, 0.1) is 6.21 Å². The number of hydrogen-bond donors (Lipinski definition) is 0. The van der Waals surface area contributed by atoms with Crippen LogP contribution in [0.3, 0.4) is 0 Å². The third-order valence-electron chi connectivity index (χ3n) is 1.95. The molecule has 1 aromatic carbocycles. The van der Waals surface area contributed by atoms with E-state index in [2.05, 4.69) is 9.13 Å². The van der Waals surface area contributed by atoms with Gasteiger partial charge in [0.15, 0.2) is 0 Å². The van der Waals surface area contributed by atoms with Crippen molar-refractivity contribution in [1.82, 2.24) is 0 Å². The fourth-order valence-corrected chi connectivity index (χ4v) is 1.89. The molecule has 1 rings (SSSR count). The van der Waals surface area contributed by atoms with Crippen LogP contribution in [0.15, 0.2) is 22.6 Å². The molecule has 0 aromatic heterocycles. The van der Waals surface area contributed by atoms with Crippen molar-refractivity contribution in [2.24, 2.45) is 4.40 Å². The van der Waals surface area contributed by atoms with Crippen LogP contribution in [-0.4, -0.2) is 21.9 Å². The predicted octanol–water partition coefficient (Wildman–Crippen LogP) is 4.12. The molecule has 8 heteroatoms. The molecule has 0 bridgehead atoms. The summed E-state index contributed by atoms with van der Waals surface area (Å²) in [5, 5.41) is 0.0646. The molecule has 1 aromatic rings. The van der Waals surface area contributed by atoms with Crippen molar-refractivity contribution in [2.75, 3.05) is 0 Å². The van der Waals surface area contributed by atoms with Crippen LogP contribution in [0, 0.1) is 0 Å². The molecular formula is C12H13ClF3NO2S. The standard InChI is InChI=1S/C12H13ClF3NO2S/c1-11(2,3)20(18)17-7-8-4-9(13)6-10(5-8)19-12(14,15)16/h4-7H,1-3H3/b17-7+. The minimum absolute atomic E-state index is 0.0646. The number of ether oxygens (including phenoxy) is 1. The van der Waals surface area contributed by atoms with E-state index in [4.69, 9.17) is 11.6 Å². The highest BCUT2D eigenvalue weighted by Gasteiger charge is 2.31. The van der Waals surface area contributed by atoms with Gasteiger partial charge >= 0.3 is 6.36 Å². The van der Waals surface area contributed by atoms with E-state index in [1.807, 2.05) is 0 Å². The van der Waals surface area contributed by atoms with Crippen molar-refractivity contribution in [3.63, 3.8) is 0 Å². The molecule has 0 aliphatic rings. The van der Waals surface area contributed by atoms with E-state index in [1.54, 1.807) is 20.8 Å². The summed E-state index contributed by atoms with van der Waals surface area (Å²) in [6.07, 6.45) is -3.59. The van der Waals surface area contributed by atoms with Crippen molar-refractivity contribution in [3.8, 4) is 5.75 Å². The molecule has 1 atom stereocenters. The number of benzene rings is 1. The molecule has 0 saturated heterocycles. The van der Waals surface area contributed by atoms with Crippen LogP contribution >= 0.6 is 11.6 Å². The molecule has 1 unspecified atom stereocenters. The van der Waals surface area contributed by atoms with Gasteiger partial charge in [-0.2, -0.15) is 0 Å². The van der Waals surface area contributed by atoms with Gasteiger partial charge in [0.1, 0.15) is 21.9 Å². The molecule has 0 amide bonds. The second-order valence-corrected chi connectivity index (χ2v) is 7.23. The Labute approximate surface area is 123 Å². The summed E-state index contributed by atoms with van der Waals surface area (Å²) in [5.74, 6) is -0.451. The lowest BCUT2D eigenvalue weighted by Gasteiger charge is -2.17. The van der Waals surface area contributed by atoms with Gasteiger partial charge in [-0.15, -0.1) is 13.2 Å². The van der Waals surface area contributed by atoms with Crippen molar-refractivity contribution in [2.45, 2.75) is 31.9 Å². The van der Waals surface area contributed by atoms with Crippen molar-refractivity contribution in [1.29, 1.82) is 0 Å². The highest BCUT2D eigenvalue weighted by Crippen LogP contribution is 2.26. The third kappa shape index (κ3) is 6.02. The lowest BCUT2D eigenvalue weighted by Crippen LogP contribution is -2.25. The van der Waals surface area contributed by atoms with Gasteiger partial charge in [-0.05, 0) is 39.0 Å². The highest BCUT2D eigenvalue weighted by molar-refractivity contribution is 7.91. The Bertz CT molecular complexity index is 500.